The number of halogens is 2. The van der Waals surface area contributed by atoms with E-state index in [-0.39, 0.29) is 11.9 Å². The van der Waals surface area contributed by atoms with Gasteiger partial charge < -0.3 is 10.1 Å². The zero-order chi connectivity index (χ0) is 14.8. The van der Waals surface area contributed by atoms with Gasteiger partial charge >= 0.3 is 0 Å². The lowest BCUT2D eigenvalue weighted by Crippen LogP contribution is -2.23. The van der Waals surface area contributed by atoms with Gasteiger partial charge in [0.2, 0.25) is 0 Å². The first kappa shape index (κ1) is 14.4. The van der Waals surface area contributed by atoms with Gasteiger partial charge in [0.15, 0.2) is 0 Å². The lowest BCUT2D eigenvalue weighted by molar-refractivity contribution is 0.357. The predicted molar refractivity (Wildman–Crippen MR) is 82.6 cm³/mol. The Bertz CT molecular complexity index is 639. The third-order valence-electron chi connectivity index (χ3n) is 3.74. The molecule has 0 spiro atoms. The first-order valence-corrected chi connectivity index (χ1v) is 7.51. The highest BCUT2D eigenvalue weighted by atomic mass is 35.5. The topological polar surface area (TPSA) is 21.3 Å². The third kappa shape index (κ3) is 2.76. The Kier molecular flexibility index (Phi) is 4.13. The number of ether oxygens (including phenoxy) is 1. The second-order valence-electron chi connectivity index (χ2n) is 5.09. The average Bonchev–Trinajstić information content (AvgIpc) is 2.93. The molecule has 1 heterocycles. The van der Waals surface area contributed by atoms with Gasteiger partial charge in [-0.15, -0.1) is 0 Å². The van der Waals surface area contributed by atoms with Crippen LogP contribution in [0.25, 0.3) is 0 Å². The van der Waals surface area contributed by atoms with Gasteiger partial charge in [-0.25, -0.2) is 4.39 Å². The zero-order valence-electron chi connectivity index (χ0n) is 11.8. The zero-order valence-corrected chi connectivity index (χ0v) is 12.6. The Morgan fingerprint density at radius 2 is 2.19 bits per heavy atom. The van der Waals surface area contributed by atoms with Crippen LogP contribution in [0.3, 0.4) is 0 Å². The van der Waals surface area contributed by atoms with Crippen LogP contribution in [0.2, 0.25) is 5.02 Å². The molecule has 0 amide bonds. The molecule has 0 saturated carbocycles. The molecule has 2 aromatic rings. The van der Waals surface area contributed by atoms with E-state index < -0.39 is 0 Å². The molecule has 0 aromatic heterocycles. The Morgan fingerprint density at radius 1 is 1.33 bits per heavy atom. The molecule has 0 radical (unpaired) electrons. The molecule has 0 bridgehead atoms. The average molecular weight is 306 g/mol. The van der Waals surface area contributed by atoms with E-state index in [0.29, 0.717) is 17.2 Å². The third-order valence-corrected chi connectivity index (χ3v) is 4.07. The van der Waals surface area contributed by atoms with Gasteiger partial charge in [0, 0.05) is 17.0 Å². The molecule has 4 heteroatoms. The molecule has 0 aliphatic carbocycles. The van der Waals surface area contributed by atoms with Crippen LogP contribution < -0.4 is 10.1 Å². The Labute approximate surface area is 128 Å². The lowest BCUT2D eigenvalue weighted by atomic mass is 9.96. The number of fused-ring (bicyclic) bond motifs is 1. The first-order chi connectivity index (χ1) is 10.2. The lowest BCUT2D eigenvalue weighted by Gasteiger charge is -2.21. The van der Waals surface area contributed by atoms with Crippen LogP contribution in [0.5, 0.6) is 5.75 Å². The SMILES string of the molecule is CCNC(c1ccc2c(c1)CCO2)c1c(F)cccc1Cl. The fraction of sp³-hybridized carbons (Fsp3) is 0.294. The molecule has 1 aliphatic heterocycles. The van der Waals surface area contributed by atoms with Crippen LogP contribution in [0.15, 0.2) is 36.4 Å². The summed E-state index contributed by atoms with van der Waals surface area (Å²) >= 11 is 6.22. The summed E-state index contributed by atoms with van der Waals surface area (Å²) in [5.41, 5.74) is 2.68. The van der Waals surface area contributed by atoms with Crippen molar-refractivity contribution in [3.63, 3.8) is 0 Å². The number of hydrogen-bond donors (Lipinski definition) is 1. The van der Waals surface area contributed by atoms with Gasteiger partial charge in [0.25, 0.3) is 0 Å². The van der Waals surface area contributed by atoms with Crippen molar-refractivity contribution in [2.75, 3.05) is 13.2 Å². The highest BCUT2D eigenvalue weighted by Crippen LogP contribution is 2.34. The summed E-state index contributed by atoms with van der Waals surface area (Å²) in [6.07, 6.45) is 0.896. The quantitative estimate of drug-likeness (QED) is 0.917. The van der Waals surface area contributed by atoms with Gasteiger partial charge in [0.05, 0.1) is 12.6 Å². The van der Waals surface area contributed by atoms with E-state index in [1.807, 2.05) is 19.1 Å². The van der Waals surface area contributed by atoms with Crippen LogP contribution in [0.1, 0.15) is 29.7 Å². The van der Waals surface area contributed by atoms with Gasteiger partial charge in [-0.2, -0.15) is 0 Å². The molecule has 0 saturated heterocycles. The van der Waals surface area contributed by atoms with E-state index >= 15 is 0 Å². The van der Waals surface area contributed by atoms with Crippen molar-refractivity contribution in [3.05, 3.63) is 63.9 Å². The summed E-state index contributed by atoms with van der Waals surface area (Å²) in [5.74, 6) is 0.638. The number of nitrogens with one attached hydrogen (secondary N) is 1. The smallest absolute Gasteiger partial charge is 0.129 e. The molecular formula is C17H17ClFNO. The molecule has 2 aromatic carbocycles. The number of benzene rings is 2. The van der Waals surface area contributed by atoms with Crippen molar-refractivity contribution in [2.24, 2.45) is 0 Å². The second kappa shape index (κ2) is 6.04. The largest absolute Gasteiger partial charge is 0.493 e. The van der Waals surface area contributed by atoms with Crippen molar-refractivity contribution in [1.29, 1.82) is 0 Å². The Morgan fingerprint density at radius 3 is 2.95 bits per heavy atom. The minimum Gasteiger partial charge on any atom is -0.493 e. The summed E-state index contributed by atoms with van der Waals surface area (Å²) in [5, 5.41) is 3.77. The van der Waals surface area contributed by atoms with Crippen LogP contribution in [0.4, 0.5) is 4.39 Å². The number of hydrogen-bond acceptors (Lipinski definition) is 2. The molecule has 2 nitrogen and oxygen atoms in total. The molecule has 3 rings (SSSR count). The van der Waals surface area contributed by atoms with E-state index in [0.717, 1.165) is 24.3 Å². The van der Waals surface area contributed by atoms with E-state index in [1.54, 1.807) is 12.1 Å². The minimum atomic E-state index is -0.287. The fourth-order valence-corrected chi connectivity index (χ4v) is 3.04. The predicted octanol–water partition coefficient (Wildman–Crippen LogP) is 4.11. The first-order valence-electron chi connectivity index (χ1n) is 7.13. The van der Waals surface area contributed by atoms with Crippen molar-refractivity contribution >= 4 is 11.6 Å². The van der Waals surface area contributed by atoms with Gasteiger partial charge in [-0.05, 0) is 35.9 Å². The molecule has 110 valence electrons. The molecule has 1 aliphatic rings. The number of rotatable bonds is 4. The highest BCUT2D eigenvalue weighted by Gasteiger charge is 2.22. The van der Waals surface area contributed by atoms with Gasteiger partial charge in [-0.3, -0.25) is 0 Å². The molecule has 1 N–H and O–H groups in total. The summed E-state index contributed by atoms with van der Waals surface area (Å²) < 4.78 is 19.8. The normalized spacial score (nSPS) is 14.6. The maximum Gasteiger partial charge on any atom is 0.129 e. The summed E-state index contributed by atoms with van der Waals surface area (Å²) in [4.78, 5) is 0. The maximum absolute atomic E-state index is 14.2. The van der Waals surface area contributed by atoms with Crippen molar-refractivity contribution in [3.8, 4) is 5.75 Å². The molecule has 1 unspecified atom stereocenters. The second-order valence-corrected chi connectivity index (χ2v) is 5.50. The maximum atomic E-state index is 14.2. The van der Waals surface area contributed by atoms with Crippen molar-refractivity contribution in [1.82, 2.24) is 5.32 Å². The highest BCUT2D eigenvalue weighted by molar-refractivity contribution is 6.31. The molecule has 21 heavy (non-hydrogen) atoms. The Hall–Kier alpha value is -1.58. The molecular weight excluding hydrogens is 289 g/mol. The molecule has 0 fully saturated rings. The van der Waals surface area contributed by atoms with Gasteiger partial charge in [0.1, 0.15) is 11.6 Å². The monoisotopic (exact) mass is 305 g/mol. The van der Waals surface area contributed by atoms with E-state index in [4.69, 9.17) is 16.3 Å². The van der Waals surface area contributed by atoms with Crippen molar-refractivity contribution < 1.29 is 9.13 Å². The van der Waals surface area contributed by atoms with Crippen LogP contribution in [-0.2, 0) is 6.42 Å². The summed E-state index contributed by atoms with van der Waals surface area (Å²) in [6.45, 7) is 3.44. The molecule has 1 atom stereocenters. The standard InChI is InChI=1S/C17H17ClFNO/c1-2-20-17(16-13(18)4-3-5-14(16)19)12-6-7-15-11(10-12)8-9-21-15/h3-7,10,17,20H,2,8-9H2,1H3. The van der Waals surface area contributed by atoms with Crippen LogP contribution >= 0.6 is 11.6 Å². The fourth-order valence-electron chi connectivity index (χ4n) is 2.76. The van der Waals surface area contributed by atoms with E-state index in [2.05, 4.69) is 11.4 Å². The minimum absolute atomic E-state index is 0.255. The van der Waals surface area contributed by atoms with E-state index in [1.165, 1.54) is 11.6 Å². The van der Waals surface area contributed by atoms with Crippen LogP contribution in [-0.4, -0.2) is 13.2 Å². The van der Waals surface area contributed by atoms with E-state index in [9.17, 15) is 4.39 Å². The van der Waals surface area contributed by atoms with Crippen molar-refractivity contribution in [2.45, 2.75) is 19.4 Å². The van der Waals surface area contributed by atoms with Crippen LogP contribution in [0, 0.1) is 5.82 Å². The Balaban J connectivity index is 2.06. The summed E-state index contributed by atoms with van der Waals surface area (Å²) in [6, 6.07) is 10.5. The van der Waals surface area contributed by atoms with Gasteiger partial charge in [-0.1, -0.05) is 36.7 Å². The summed E-state index contributed by atoms with van der Waals surface area (Å²) in [7, 11) is 0.